The van der Waals surface area contributed by atoms with Crippen molar-refractivity contribution in [1.82, 2.24) is 0 Å². The molecule has 0 saturated heterocycles. The highest BCUT2D eigenvalue weighted by molar-refractivity contribution is 5.71. The standard InChI is InChI=1S/C75H110O6/c1-4-7-10-13-16-19-22-25-28-31-33-35-36-37-38-40-41-44-47-50-53-56-59-62-65-68-74(77)80-71-72(70-79-73(76)67-64-61-58-55-52-49-46-43-30-27-24-21-18-15-12-9-6-3)81-75(78)69-66-63-60-57-54-51-48-45-42-39-34-32-29-26-23-20-17-14-11-8-5-2/h7-12,16-21,25-30,33-35,37-39,41,44-46,48-50,53-55,57-58,72H,4-6,13-15,22-24,31-32,36,40,42-43,47,51-52,56,59-71H2,1-3H3/b10-7-,11-8-,12-9-,19-16-,20-17-,21-18-,28-25-,29-26-,30-27-,35-33-,38-37-,39-34-,44-41-,48-45-,49-46-,53-50-,57-54-,58-55-. The molecule has 0 aliphatic rings. The number of carbonyl (C=O) groups is 3. The molecule has 0 aromatic carbocycles. The Bertz CT molecular complexity index is 2050. The van der Waals surface area contributed by atoms with E-state index >= 15 is 0 Å². The van der Waals surface area contributed by atoms with E-state index in [2.05, 4.69) is 240 Å². The average molecular weight is 1110 g/mol. The first-order chi connectivity index (χ1) is 40.0. The Labute approximate surface area is 495 Å². The number of ether oxygens (including phenoxy) is 3. The van der Waals surface area contributed by atoms with Crippen LogP contribution in [0.4, 0.5) is 0 Å². The third kappa shape index (κ3) is 64.4. The Kier molecular flexibility index (Phi) is 61.1. The number of allylic oxidation sites excluding steroid dienone is 36. The van der Waals surface area contributed by atoms with Crippen molar-refractivity contribution in [2.24, 2.45) is 0 Å². The molecule has 1 unspecified atom stereocenters. The van der Waals surface area contributed by atoms with E-state index in [0.29, 0.717) is 19.3 Å². The van der Waals surface area contributed by atoms with Gasteiger partial charge in [-0.05, 0) is 167 Å². The van der Waals surface area contributed by atoms with Crippen molar-refractivity contribution in [1.29, 1.82) is 0 Å². The Morgan fingerprint density at radius 2 is 0.457 bits per heavy atom. The molecule has 0 saturated carbocycles. The lowest BCUT2D eigenvalue weighted by Crippen LogP contribution is -2.30. The summed E-state index contributed by atoms with van der Waals surface area (Å²) in [6.45, 7) is 6.16. The summed E-state index contributed by atoms with van der Waals surface area (Å²) in [5.41, 5.74) is 0. The van der Waals surface area contributed by atoms with Gasteiger partial charge in [0.25, 0.3) is 0 Å². The Hall–Kier alpha value is -6.27. The van der Waals surface area contributed by atoms with Crippen LogP contribution in [0.5, 0.6) is 0 Å². The van der Waals surface area contributed by atoms with E-state index in [1.165, 1.54) is 0 Å². The molecule has 0 amide bonds. The molecule has 0 spiro atoms. The van der Waals surface area contributed by atoms with Crippen LogP contribution in [0.25, 0.3) is 0 Å². The number of carbonyl (C=O) groups excluding carboxylic acids is 3. The van der Waals surface area contributed by atoms with E-state index in [-0.39, 0.29) is 50.4 Å². The topological polar surface area (TPSA) is 78.9 Å². The molecule has 1 atom stereocenters. The van der Waals surface area contributed by atoms with Crippen molar-refractivity contribution in [3.63, 3.8) is 0 Å². The fourth-order valence-corrected chi connectivity index (χ4v) is 7.40. The summed E-state index contributed by atoms with van der Waals surface area (Å²) in [6.07, 6.45) is 104. The Balaban J connectivity index is 4.66. The Morgan fingerprint density at radius 3 is 0.741 bits per heavy atom. The molecule has 81 heavy (non-hydrogen) atoms. The van der Waals surface area contributed by atoms with E-state index in [9.17, 15) is 14.4 Å². The fourth-order valence-electron chi connectivity index (χ4n) is 7.40. The lowest BCUT2D eigenvalue weighted by Gasteiger charge is -2.18. The summed E-state index contributed by atoms with van der Waals surface area (Å²) in [6, 6.07) is 0. The van der Waals surface area contributed by atoms with Gasteiger partial charge in [-0.1, -0.05) is 246 Å². The van der Waals surface area contributed by atoms with E-state index < -0.39 is 6.10 Å². The Morgan fingerprint density at radius 1 is 0.247 bits per heavy atom. The fraction of sp³-hybridized carbons (Fsp3) is 0.480. The second-order valence-corrected chi connectivity index (χ2v) is 19.5. The van der Waals surface area contributed by atoms with Crippen molar-refractivity contribution in [2.45, 2.75) is 219 Å². The van der Waals surface area contributed by atoms with Crippen LogP contribution < -0.4 is 0 Å². The molecular formula is C75H110O6. The van der Waals surface area contributed by atoms with Crippen molar-refractivity contribution in [3.8, 4) is 0 Å². The molecule has 0 N–H and O–H groups in total. The molecule has 0 aliphatic heterocycles. The van der Waals surface area contributed by atoms with Crippen molar-refractivity contribution >= 4 is 17.9 Å². The monoisotopic (exact) mass is 1110 g/mol. The first kappa shape index (κ1) is 74.7. The highest BCUT2D eigenvalue weighted by Crippen LogP contribution is 2.10. The number of rotatable bonds is 53. The zero-order valence-corrected chi connectivity index (χ0v) is 50.9. The van der Waals surface area contributed by atoms with Gasteiger partial charge in [0.2, 0.25) is 0 Å². The van der Waals surface area contributed by atoms with Gasteiger partial charge in [-0.25, -0.2) is 0 Å². The first-order valence-electron chi connectivity index (χ1n) is 31.2. The molecule has 6 nitrogen and oxygen atoms in total. The van der Waals surface area contributed by atoms with Gasteiger partial charge in [-0.15, -0.1) is 0 Å². The summed E-state index contributed by atoms with van der Waals surface area (Å²) in [5, 5.41) is 0. The molecule has 0 bridgehead atoms. The third-order valence-electron chi connectivity index (χ3n) is 12.0. The van der Waals surface area contributed by atoms with Crippen LogP contribution in [-0.2, 0) is 28.6 Å². The minimum atomic E-state index is -0.856. The second-order valence-electron chi connectivity index (χ2n) is 19.5. The van der Waals surface area contributed by atoms with Gasteiger partial charge in [0.05, 0.1) is 0 Å². The zero-order chi connectivity index (χ0) is 58.5. The number of esters is 3. The summed E-state index contributed by atoms with van der Waals surface area (Å²) in [7, 11) is 0. The summed E-state index contributed by atoms with van der Waals surface area (Å²) in [5.74, 6) is -1.09. The normalized spacial score (nSPS) is 13.7. The quantitative estimate of drug-likeness (QED) is 0.0261. The van der Waals surface area contributed by atoms with E-state index in [1.807, 2.05) is 0 Å². The number of hydrogen-bond donors (Lipinski definition) is 0. The van der Waals surface area contributed by atoms with Gasteiger partial charge in [0, 0.05) is 19.3 Å². The van der Waals surface area contributed by atoms with Crippen molar-refractivity contribution in [3.05, 3.63) is 219 Å². The molecule has 0 rings (SSSR count). The maximum absolute atomic E-state index is 12.9. The maximum atomic E-state index is 12.9. The lowest BCUT2D eigenvalue weighted by molar-refractivity contribution is -0.167. The largest absolute Gasteiger partial charge is 0.462 e. The lowest BCUT2D eigenvalue weighted by atomic mass is 10.1. The van der Waals surface area contributed by atoms with Crippen LogP contribution in [0.2, 0.25) is 0 Å². The highest BCUT2D eigenvalue weighted by atomic mass is 16.6. The molecule has 0 radical (unpaired) electrons. The maximum Gasteiger partial charge on any atom is 0.306 e. The molecule has 0 heterocycles. The molecule has 6 heteroatoms. The first-order valence-corrected chi connectivity index (χ1v) is 31.2. The summed E-state index contributed by atoms with van der Waals surface area (Å²) in [4.78, 5) is 38.3. The highest BCUT2D eigenvalue weighted by Gasteiger charge is 2.19. The number of hydrogen-bond acceptors (Lipinski definition) is 6. The minimum absolute atomic E-state index is 0.145. The number of unbranched alkanes of at least 4 members (excludes halogenated alkanes) is 6. The van der Waals surface area contributed by atoms with Crippen LogP contribution in [0.3, 0.4) is 0 Å². The van der Waals surface area contributed by atoms with Gasteiger partial charge < -0.3 is 14.2 Å². The minimum Gasteiger partial charge on any atom is -0.462 e. The van der Waals surface area contributed by atoms with Gasteiger partial charge in [0.1, 0.15) is 13.2 Å². The molecule has 0 aromatic heterocycles. The molecule has 0 fully saturated rings. The molecule has 0 aromatic rings. The smallest absolute Gasteiger partial charge is 0.306 e. The average Bonchev–Trinajstić information content (AvgIpc) is 3.47. The van der Waals surface area contributed by atoms with Gasteiger partial charge in [-0.3, -0.25) is 14.4 Å². The predicted octanol–water partition coefficient (Wildman–Crippen LogP) is 21.8. The molecule has 0 aliphatic carbocycles. The third-order valence-corrected chi connectivity index (χ3v) is 12.0. The zero-order valence-electron chi connectivity index (χ0n) is 50.9. The van der Waals surface area contributed by atoms with E-state index in [4.69, 9.17) is 14.2 Å². The molecular weight excluding hydrogens is 997 g/mol. The van der Waals surface area contributed by atoms with Crippen LogP contribution in [-0.4, -0.2) is 37.2 Å². The van der Waals surface area contributed by atoms with E-state index in [0.717, 1.165) is 154 Å². The van der Waals surface area contributed by atoms with Crippen molar-refractivity contribution in [2.75, 3.05) is 13.2 Å². The van der Waals surface area contributed by atoms with Crippen LogP contribution in [0.1, 0.15) is 213 Å². The van der Waals surface area contributed by atoms with E-state index in [1.54, 1.807) is 0 Å². The second kappa shape index (κ2) is 66.2. The van der Waals surface area contributed by atoms with Crippen LogP contribution >= 0.6 is 0 Å². The molecule has 446 valence electrons. The SMILES string of the molecule is CC/C=C\C/C=C\C/C=C\C/C=C\C/C=C\C/C=C\C/C=C\CCCCCC(=O)OCC(COC(=O)CCC/C=C\C/C=C\C/C=C\C/C=C\C/C=C\CC)OC(=O)CCCC/C=C\C/C=C\C/C=C\C/C=C\C/C=C\C/C=C\CC. The summed E-state index contributed by atoms with van der Waals surface area (Å²) < 4.78 is 16.8. The van der Waals surface area contributed by atoms with Gasteiger partial charge in [-0.2, -0.15) is 0 Å². The van der Waals surface area contributed by atoms with Crippen LogP contribution in [0, 0.1) is 0 Å². The van der Waals surface area contributed by atoms with Crippen molar-refractivity contribution < 1.29 is 28.6 Å². The predicted molar refractivity (Wildman–Crippen MR) is 352 cm³/mol. The van der Waals surface area contributed by atoms with Gasteiger partial charge in [0.15, 0.2) is 6.10 Å². The van der Waals surface area contributed by atoms with Crippen LogP contribution in [0.15, 0.2) is 219 Å². The summed E-state index contributed by atoms with van der Waals surface area (Å²) >= 11 is 0. The van der Waals surface area contributed by atoms with Gasteiger partial charge >= 0.3 is 17.9 Å².